The number of pyridine rings is 1. The van der Waals surface area contributed by atoms with Gasteiger partial charge in [0.2, 0.25) is 0 Å². The zero-order valence-electron chi connectivity index (χ0n) is 10.8. The van der Waals surface area contributed by atoms with Crippen molar-refractivity contribution in [2.75, 3.05) is 13.1 Å². The Morgan fingerprint density at radius 1 is 1.50 bits per heavy atom. The van der Waals surface area contributed by atoms with Crippen molar-refractivity contribution >= 4 is 5.52 Å². The maximum Gasteiger partial charge on any atom is 0.130 e. The topological polar surface area (TPSA) is 46.6 Å². The lowest BCUT2D eigenvalue weighted by atomic mass is 10.2. The Morgan fingerprint density at radius 3 is 3.17 bits per heavy atom. The summed E-state index contributed by atoms with van der Waals surface area (Å²) in [6.07, 6.45) is 6.55. The number of aromatic nitrogens is 2. The highest BCUT2D eigenvalue weighted by Crippen LogP contribution is 2.31. The molecule has 0 spiro atoms. The molecule has 18 heavy (non-hydrogen) atoms. The molecule has 0 aromatic carbocycles. The summed E-state index contributed by atoms with van der Waals surface area (Å²) in [7, 11) is 0. The van der Waals surface area contributed by atoms with E-state index in [0.29, 0.717) is 12.6 Å². The van der Waals surface area contributed by atoms with E-state index in [1.54, 1.807) is 0 Å². The molecule has 2 N–H and O–H groups in total. The lowest BCUT2D eigenvalue weighted by Gasteiger charge is -2.21. The van der Waals surface area contributed by atoms with Gasteiger partial charge in [0.25, 0.3) is 0 Å². The highest BCUT2D eigenvalue weighted by atomic mass is 15.2. The van der Waals surface area contributed by atoms with Gasteiger partial charge in [-0.1, -0.05) is 6.92 Å². The van der Waals surface area contributed by atoms with Crippen LogP contribution in [0.25, 0.3) is 5.52 Å². The van der Waals surface area contributed by atoms with Gasteiger partial charge in [0.15, 0.2) is 0 Å². The second-order valence-electron chi connectivity index (χ2n) is 4.94. The van der Waals surface area contributed by atoms with Gasteiger partial charge in [-0.3, -0.25) is 4.90 Å². The van der Waals surface area contributed by atoms with Crippen molar-refractivity contribution in [2.45, 2.75) is 32.4 Å². The number of imidazole rings is 1. The van der Waals surface area contributed by atoms with E-state index in [4.69, 9.17) is 5.73 Å². The average Bonchev–Trinajstić information content (AvgIpc) is 3.03. The Balaban J connectivity index is 2.02. The minimum Gasteiger partial charge on any atom is -0.326 e. The predicted molar refractivity (Wildman–Crippen MR) is 72.3 cm³/mol. The number of nitrogens with two attached hydrogens (primary N) is 1. The van der Waals surface area contributed by atoms with E-state index >= 15 is 0 Å². The molecule has 4 nitrogen and oxygen atoms in total. The SMILES string of the molecule is CCN1CCCC1c1ncc2cc(CN)ccn12. The summed E-state index contributed by atoms with van der Waals surface area (Å²) in [5, 5.41) is 0. The van der Waals surface area contributed by atoms with Gasteiger partial charge in [-0.05, 0) is 43.6 Å². The summed E-state index contributed by atoms with van der Waals surface area (Å²) in [6, 6.07) is 4.69. The van der Waals surface area contributed by atoms with Crippen LogP contribution in [0.1, 0.15) is 37.2 Å². The highest BCUT2D eigenvalue weighted by Gasteiger charge is 2.27. The Bertz CT molecular complexity index is 546. The first-order valence-corrected chi connectivity index (χ1v) is 6.73. The Labute approximate surface area is 107 Å². The fourth-order valence-corrected chi connectivity index (χ4v) is 2.94. The molecule has 2 aromatic rings. The van der Waals surface area contributed by atoms with Crippen molar-refractivity contribution in [3.8, 4) is 0 Å². The van der Waals surface area contributed by atoms with Gasteiger partial charge < -0.3 is 10.1 Å². The molecule has 1 unspecified atom stereocenters. The van der Waals surface area contributed by atoms with Gasteiger partial charge in [-0.15, -0.1) is 0 Å². The summed E-state index contributed by atoms with van der Waals surface area (Å²) >= 11 is 0. The first-order chi connectivity index (χ1) is 8.83. The molecule has 4 heteroatoms. The fourth-order valence-electron chi connectivity index (χ4n) is 2.94. The van der Waals surface area contributed by atoms with Gasteiger partial charge in [-0.25, -0.2) is 4.98 Å². The largest absolute Gasteiger partial charge is 0.326 e. The Kier molecular flexibility index (Phi) is 3.06. The first-order valence-electron chi connectivity index (χ1n) is 6.73. The van der Waals surface area contributed by atoms with Crippen molar-refractivity contribution in [2.24, 2.45) is 5.73 Å². The van der Waals surface area contributed by atoms with E-state index in [2.05, 4.69) is 39.5 Å². The minimum absolute atomic E-state index is 0.473. The molecule has 0 radical (unpaired) electrons. The molecule has 96 valence electrons. The number of fused-ring (bicyclic) bond motifs is 1. The van der Waals surface area contributed by atoms with Crippen LogP contribution >= 0.6 is 0 Å². The van der Waals surface area contributed by atoms with Gasteiger partial charge in [0.05, 0.1) is 17.8 Å². The Morgan fingerprint density at radius 2 is 2.39 bits per heavy atom. The smallest absolute Gasteiger partial charge is 0.130 e. The standard InChI is InChI=1S/C14H20N4/c1-2-17-6-3-4-13(17)14-16-10-12-8-11(9-15)5-7-18(12)14/h5,7-8,10,13H,2-4,6,9,15H2,1H3. The molecule has 0 saturated carbocycles. The van der Waals surface area contributed by atoms with Gasteiger partial charge in [-0.2, -0.15) is 0 Å². The minimum atomic E-state index is 0.473. The van der Waals surface area contributed by atoms with Crippen LogP contribution in [0.4, 0.5) is 0 Å². The van der Waals surface area contributed by atoms with Crippen LogP contribution in [0.15, 0.2) is 24.5 Å². The monoisotopic (exact) mass is 244 g/mol. The molecule has 1 aliphatic heterocycles. The summed E-state index contributed by atoms with van der Waals surface area (Å²) in [4.78, 5) is 7.14. The molecule has 3 rings (SSSR count). The molecular formula is C14H20N4. The van der Waals surface area contributed by atoms with Crippen molar-refractivity contribution in [3.63, 3.8) is 0 Å². The zero-order valence-corrected chi connectivity index (χ0v) is 10.8. The Hall–Kier alpha value is -1.39. The maximum atomic E-state index is 5.68. The second-order valence-corrected chi connectivity index (χ2v) is 4.94. The van der Waals surface area contributed by atoms with Crippen LogP contribution in [-0.2, 0) is 6.54 Å². The van der Waals surface area contributed by atoms with Crippen LogP contribution in [0.3, 0.4) is 0 Å². The number of rotatable bonds is 3. The van der Waals surface area contributed by atoms with Crippen LogP contribution < -0.4 is 5.73 Å². The quantitative estimate of drug-likeness (QED) is 0.897. The predicted octanol–water partition coefficient (Wildman–Crippen LogP) is 1.95. The molecule has 1 aliphatic rings. The van der Waals surface area contributed by atoms with Gasteiger partial charge in [0, 0.05) is 12.7 Å². The third-order valence-electron chi connectivity index (χ3n) is 3.93. The third kappa shape index (κ3) is 1.82. The van der Waals surface area contributed by atoms with E-state index in [0.717, 1.165) is 17.6 Å². The van der Waals surface area contributed by atoms with E-state index in [1.165, 1.54) is 25.2 Å². The molecule has 0 amide bonds. The summed E-state index contributed by atoms with van der Waals surface area (Å²) in [6.45, 7) is 5.10. The summed E-state index contributed by atoms with van der Waals surface area (Å²) in [5.41, 5.74) is 7.98. The summed E-state index contributed by atoms with van der Waals surface area (Å²) < 4.78 is 2.21. The highest BCUT2D eigenvalue weighted by molar-refractivity contribution is 5.48. The van der Waals surface area contributed by atoms with Gasteiger partial charge >= 0.3 is 0 Å². The maximum absolute atomic E-state index is 5.68. The number of hydrogen-bond donors (Lipinski definition) is 1. The molecular weight excluding hydrogens is 224 g/mol. The van der Waals surface area contributed by atoms with Crippen LogP contribution in [0, 0.1) is 0 Å². The lowest BCUT2D eigenvalue weighted by Crippen LogP contribution is -2.24. The van der Waals surface area contributed by atoms with Crippen LogP contribution in [0.2, 0.25) is 0 Å². The molecule has 1 atom stereocenters. The van der Waals surface area contributed by atoms with E-state index in [9.17, 15) is 0 Å². The normalized spacial score (nSPS) is 20.9. The number of hydrogen-bond acceptors (Lipinski definition) is 3. The molecule has 0 bridgehead atoms. The van der Waals surface area contributed by atoms with Crippen molar-refractivity contribution in [1.82, 2.24) is 14.3 Å². The fraction of sp³-hybridized carbons (Fsp3) is 0.500. The number of likely N-dealkylation sites (tertiary alicyclic amines) is 1. The molecule has 1 saturated heterocycles. The zero-order chi connectivity index (χ0) is 12.5. The van der Waals surface area contributed by atoms with Crippen molar-refractivity contribution in [1.29, 1.82) is 0 Å². The average molecular weight is 244 g/mol. The molecule has 2 aromatic heterocycles. The summed E-state index contributed by atoms with van der Waals surface area (Å²) in [5.74, 6) is 1.17. The first kappa shape index (κ1) is 11.7. The third-order valence-corrected chi connectivity index (χ3v) is 3.93. The van der Waals surface area contributed by atoms with Gasteiger partial charge in [0.1, 0.15) is 5.82 Å². The van der Waals surface area contributed by atoms with E-state index in [-0.39, 0.29) is 0 Å². The van der Waals surface area contributed by atoms with E-state index < -0.39 is 0 Å². The number of nitrogens with zero attached hydrogens (tertiary/aromatic N) is 3. The molecule has 3 heterocycles. The van der Waals surface area contributed by atoms with Crippen molar-refractivity contribution < 1.29 is 0 Å². The second kappa shape index (κ2) is 4.71. The van der Waals surface area contributed by atoms with Crippen LogP contribution in [-0.4, -0.2) is 27.4 Å². The van der Waals surface area contributed by atoms with Crippen LogP contribution in [0.5, 0.6) is 0 Å². The molecule has 0 aliphatic carbocycles. The van der Waals surface area contributed by atoms with Crippen molar-refractivity contribution in [3.05, 3.63) is 35.9 Å². The van der Waals surface area contributed by atoms with E-state index in [1.807, 2.05) is 6.20 Å². The molecule has 1 fully saturated rings. The lowest BCUT2D eigenvalue weighted by molar-refractivity contribution is 0.261.